The average Bonchev–Trinajstić information content (AvgIpc) is 2.80. The van der Waals surface area contributed by atoms with Crippen molar-refractivity contribution in [1.29, 1.82) is 0 Å². The van der Waals surface area contributed by atoms with E-state index in [0.717, 1.165) is 23.7 Å². The highest BCUT2D eigenvalue weighted by atomic mass is 32.1. The zero-order valence-corrected chi connectivity index (χ0v) is 9.05. The topological polar surface area (TPSA) is 42.9 Å². The highest BCUT2D eigenvalue weighted by Crippen LogP contribution is 2.32. The summed E-state index contributed by atoms with van der Waals surface area (Å²) in [6.07, 6.45) is -4.56. The summed E-state index contributed by atoms with van der Waals surface area (Å²) in [5, 5.41) is 4.78. The van der Waals surface area contributed by atoms with Crippen LogP contribution in [0.3, 0.4) is 0 Å². The molecule has 17 heavy (non-hydrogen) atoms. The zero-order valence-electron chi connectivity index (χ0n) is 8.23. The largest absolute Gasteiger partial charge is 0.417 e. The Morgan fingerprint density at radius 3 is 2.53 bits per heavy atom. The molecule has 1 heterocycles. The molecule has 0 radical (unpaired) electrons. The normalized spacial score (nSPS) is 11.5. The van der Waals surface area contributed by atoms with Gasteiger partial charge in [0.05, 0.1) is 5.56 Å². The smallest absolute Gasteiger partial charge is 0.287 e. The van der Waals surface area contributed by atoms with Crippen LogP contribution in [0.15, 0.2) is 29.6 Å². The summed E-state index contributed by atoms with van der Waals surface area (Å²) in [4.78, 5) is 11.8. The van der Waals surface area contributed by atoms with Gasteiger partial charge in [-0.2, -0.15) is 13.2 Å². The Morgan fingerprint density at radius 2 is 1.94 bits per heavy atom. The zero-order chi connectivity index (χ0) is 12.5. The molecule has 0 unspecified atom stereocenters. The summed E-state index contributed by atoms with van der Waals surface area (Å²) < 4.78 is 41.4. The highest BCUT2D eigenvalue weighted by Gasteiger charge is 2.35. The monoisotopic (exact) mass is 258 g/mol. The van der Waals surface area contributed by atoms with E-state index < -0.39 is 23.1 Å². The molecule has 1 aromatic carbocycles. The first-order chi connectivity index (χ1) is 8.00. The molecule has 0 amide bonds. The number of carbonyl (C=O) groups excluding carboxylic acids is 1. The van der Waals surface area contributed by atoms with Gasteiger partial charge in [0, 0.05) is 10.9 Å². The van der Waals surface area contributed by atoms with Crippen LogP contribution in [0.1, 0.15) is 21.6 Å². The minimum atomic E-state index is -4.56. The third kappa shape index (κ3) is 2.33. The summed E-state index contributed by atoms with van der Waals surface area (Å²) in [6, 6.07) is 4.61. The third-order valence-electron chi connectivity index (χ3n) is 2.07. The highest BCUT2D eigenvalue weighted by molar-refractivity contribution is 7.03. The fourth-order valence-electron chi connectivity index (χ4n) is 1.33. The van der Waals surface area contributed by atoms with E-state index in [1.54, 1.807) is 0 Å². The molecule has 0 aliphatic carbocycles. The molecule has 0 aliphatic heterocycles. The molecule has 0 bridgehead atoms. The van der Waals surface area contributed by atoms with Crippen LogP contribution in [0.4, 0.5) is 13.2 Å². The lowest BCUT2D eigenvalue weighted by molar-refractivity contribution is -0.137. The van der Waals surface area contributed by atoms with Crippen LogP contribution in [-0.2, 0) is 6.18 Å². The Kier molecular flexibility index (Phi) is 2.93. The van der Waals surface area contributed by atoms with E-state index in [1.807, 2.05) is 0 Å². The third-order valence-corrected chi connectivity index (χ3v) is 2.57. The Balaban J connectivity index is 2.50. The van der Waals surface area contributed by atoms with E-state index in [4.69, 9.17) is 0 Å². The second-order valence-electron chi connectivity index (χ2n) is 3.16. The summed E-state index contributed by atoms with van der Waals surface area (Å²) in [6.45, 7) is 0. The molecule has 2 aromatic rings. The van der Waals surface area contributed by atoms with E-state index in [-0.39, 0.29) is 5.69 Å². The number of alkyl halides is 3. The van der Waals surface area contributed by atoms with Gasteiger partial charge in [-0.1, -0.05) is 22.7 Å². The van der Waals surface area contributed by atoms with Crippen molar-refractivity contribution < 1.29 is 18.0 Å². The lowest BCUT2D eigenvalue weighted by Gasteiger charge is -2.10. The fraction of sp³-hybridized carbons (Fsp3) is 0.100. The van der Waals surface area contributed by atoms with Crippen LogP contribution in [0, 0.1) is 0 Å². The van der Waals surface area contributed by atoms with Crippen LogP contribution >= 0.6 is 11.5 Å². The van der Waals surface area contributed by atoms with Crippen molar-refractivity contribution in [3.8, 4) is 0 Å². The molecule has 0 atom stereocenters. The van der Waals surface area contributed by atoms with E-state index in [2.05, 4.69) is 9.59 Å². The van der Waals surface area contributed by atoms with Crippen LogP contribution in [0.2, 0.25) is 0 Å². The van der Waals surface area contributed by atoms with Crippen molar-refractivity contribution in [2.45, 2.75) is 6.18 Å². The van der Waals surface area contributed by atoms with E-state index in [0.29, 0.717) is 0 Å². The van der Waals surface area contributed by atoms with Crippen molar-refractivity contribution in [2.75, 3.05) is 0 Å². The first-order valence-electron chi connectivity index (χ1n) is 4.48. The molecular weight excluding hydrogens is 253 g/mol. The fourth-order valence-corrected chi connectivity index (χ4v) is 1.77. The van der Waals surface area contributed by atoms with Crippen LogP contribution in [-0.4, -0.2) is 15.4 Å². The van der Waals surface area contributed by atoms with Gasteiger partial charge < -0.3 is 0 Å². The Labute approximate surface area is 98.1 Å². The van der Waals surface area contributed by atoms with Crippen molar-refractivity contribution in [3.05, 3.63) is 46.5 Å². The van der Waals surface area contributed by atoms with Gasteiger partial charge in [-0.3, -0.25) is 4.79 Å². The maximum Gasteiger partial charge on any atom is 0.417 e. The Hall–Kier alpha value is -1.76. The van der Waals surface area contributed by atoms with Crippen LogP contribution in [0.5, 0.6) is 0 Å². The average molecular weight is 258 g/mol. The van der Waals surface area contributed by atoms with Gasteiger partial charge in [0.15, 0.2) is 0 Å². The second kappa shape index (κ2) is 4.25. The number of halogens is 3. The maximum atomic E-state index is 12.7. The van der Waals surface area contributed by atoms with Crippen molar-refractivity contribution in [1.82, 2.24) is 9.59 Å². The number of benzene rings is 1. The van der Waals surface area contributed by atoms with Gasteiger partial charge in [-0.25, -0.2) is 0 Å². The van der Waals surface area contributed by atoms with Crippen molar-refractivity contribution in [3.63, 3.8) is 0 Å². The number of carbonyl (C=O) groups is 1. The Bertz CT molecular complexity index is 537. The predicted octanol–water partition coefficient (Wildman–Crippen LogP) is 2.79. The summed E-state index contributed by atoms with van der Waals surface area (Å²) in [7, 11) is 0. The number of rotatable bonds is 2. The number of hydrogen-bond acceptors (Lipinski definition) is 4. The SMILES string of the molecule is O=C(c1csnn1)c1ccccc1C(F)(F)F. The standard InChI is InChI=1S/C10H5F3N2OS/c11-10(12,13)7-4-2-1-3-6(7)9(16)8-5-17-15-14-8/h1-5H. The number of hydrogen-bond donors (Lipinski definition) is 0. The predicted molar refractivity (Wildman–Crippen MR) is 54.8 cm³/mol. The summed E-state index contributed by atoms with van der Waals surface area (Å²) in [5.41, 5.74) is -1.45. The molecular formula is C10H5F3N2OS. The second-order valence-corrected chi connectivity index (χ2v) is 3.77. The minimum Gasteiger partial charge on any atom is -0.287 e. The van der Waals surface area contributed by atoms with Gasteiger partial charge >= 0.3 is 6.18 Å². The van der Waals surface area contributed by atoms with Crippen LogP contribution < -0.4 is 0 Å². The molecule has 2 rings (SSSR count). The molecule has 1 aromatic heterocycles. The lowest BCUT2D eigenvalue weighted by atomic mass is 10.0. The molecule has 0 N–H and O–H groups in total. The molecule has 0 fully saturated rings. The van der Waals surface area contributed by atoms with Crippen molar-refractivity contribution in [2.24, 2.45) is 0 Å². The number of nitrogens with zero attached hydrogens (tertiary/aromatic N) is 2. The molecule has 3 nitrogen and oxygen atoms in total. The first-order valence-corrected chi connectivity index (χ1v) is 5.32. The number of ketones is 1. The molecule has 0 saturated carbocycles. The molecule has 88 valence electrons. The molecule has 0 saturated heterocycles. The number of aromatic nitrogens is 2. The van der Waals surface area contributed by atoms with E-state index in [1.165, 1.54) is 17.5 Å². The summed E-state index contributed by atoms with van der Waals surface area (Å²) >= 11 is 0.913. The van der Waals surface area contributed by atoms with E-state index in [9.17, 15) is 18.0 Å². The first kappa shape index (κ1) is 11.7. The van der Waals surface area contributed by atoms with Crippen molar-refractivity contribution >= 4 is 17.3 Å². The quantitative estimate of drug-likeness (QED) is 0.778. The Morgan fingerprint density at radius 1 is 1.24 bits per heavy atom. The minimum absolute atomic E-state index is 0.0771. The van der Waals surface area contributed by atoms with E-state index >= 15 is 0 Å². The molecule has 7 heteroatoms. The van der Waals surface area contributed by atoms with Gasteiger partial charge in [-0.15, -0.1) is 5.10 Å². The molecule has 0 aliphatic rings. The lowest BCUT2D eigenvalue weighted by Crippen LogP contribution is -2.13. The van der Waals surface area contributed by atoms with Gasteiger partial charge in [-0.05, 0) is 17.6 Å². The molecule has 0 spiro atoms. The maximum absolute atomic E-state index is 12.7. The van der Waals surface area contributed by atoms with Gasteiger partial charge in [0.1, 0.15) is 5.69 Å². The van der Waals surface area contributed by atoms with Gasteiger partial charge in [0.25, 0.3) is 0 Å². The van der Waals surface area contributed by atoms with Crippen LogP contribution in [0.25, 0.3) is 0 Å². The summed E-state index contributed by atoms with van der Waals surface area (Å²) in [5.74, 6) is -0.772. The van der Waals surface area contributed by atoms with Gasteiger partial charge in [0.2, 0.25) is 5.78 Å².